The van der Waals surface area contributed by atoms with E-state index in [2.05, 4.69) is 10.3 Å². The number of benzene rings is 1. The number of methoxy groups -OCH3 is 2. The highest BCUT2D eigenvalue weighted by Crippen LogP contribution is 2.29. The number of rotatable bonds is 6. The minimum absolute atomic E-state index is 0. The summed E-state index contributed by atoms with van der Waals surface area (Å²) in [6.45, 7) is 2.03. The van der Waals surface area contributed by atoms with Crippen molar-refractivity contribution in [2.24, 2.45) is 5.92 Å². The molecule has 2 heterocycles. The summed E-state index contributed by atoms with van der Waals surface area (Å²) >= 11 is 1.47. The van der Waals surface area contributed by atoms with Crippen molar-refractivity contribution in [3.05, 3.63) is 35.3 Å². The fraction of sp³-hybridized carbons (Fsp3) is 0.412. The number of amides is 1. The number of carbonyl (C=O) groups excluding carboxylic acids is 1. The largest absolute Gasteiger partial charge is 0.497 e. The van der Waals surface area contributed by atoms with Crippen molar-refractivity contribution in [2.45, 2.75) is 13.0 Å². The van der Waals surface area contributed by atoms with Gasteiger partial charge in [0.15, 0.2) is 5.13 Å². The average molecular weight is 384 g/mol. The molecule has 0 bridgehead atoms. The van der Waals surface area contributed by atoms with E-state index in [9.17, 15) is 4.79 Å². The van der Waals surface area contributed by atoms with Crippen LogP contribution in [-0.4, -0.2) is 38.2 Å². The van der Waals surface area contributed by atoms with Crippen LogP contribution >= 0.6 is 23.7 Å². The number of nitrogens with one attached hydrogen (secondary N) is 1. The van der Waals surface area contributed by atoms with E-state index in [0.29, 0.717) is 17.4 Å². The molecular weight excluding hydrogens is 362 g/mol. The number of halogens is 1. The monoisotopic (exact) mass is 383 g/mol. The Bertz CT molecular complexity index is 690. The molecule has 8 heteroatoms. The first-order valence-electron chi connectivity index (χ1n) is 7.85. The second-order valence-electron chi connectivity index (χ2n) is 5.61. The van der Waals surface area contributed by atoms with Gasteiger partial charge < -0.3 is 14.8 Å². The molecule has 0 aliphatic carbocycles. The lowest BCUT2D eigenvalue weighted by Gasteiger charge is -2.24. The molecule has 6 nitrogen and oxygen atoms in total. The molecule has 0 saturated carbocycles. The SMILES string of the molecule is COc1ccc(CN(C(=O)C2CCNC2)c2nccs2)c(OC)c1.Cl. The van der Waals surface area contributed by atoms with Crippen LogP contribution in [0.25, 0.3) is 0 Å². The molecule has 1 saturated heterocycles. The summed E-state index contributed by atoms with van der Waals surface area (Å²) < 4.78 is 10.7. The van der Waals surface area contributed by atoms with Crippen molar-refractivity contribution in [3.8, 4) is 11.5 Å². The zero-order chi connectivity index (χ0) is 16.9. The Morgan fingerprint density at radius 1 is 1.40 bits per heavy atom. The topological polar surface area (TPSA) is 63.7 Å². The van der Waals surface area contributed by atoms with Gasteiger partial charge in [0.1, 0.15) is 11.5 Å². The lowest BCUT2D eigenvalue weighted by atomic mass is 10.1. The molecule has 136 valence electrons. The molecule has 1 aliphatic rings. The van der Waals surface area contributed by atoms with Gasteiger partial charge in [-0.25, -0.2) is 4.98 Å². The molecule has 1 aliphatic heterocycles. The molecule has 0 spiro atoms. The minimum atomic E-state index is -0.00172. The van der Waals surface area contributed by atoms with E-state index in [0.717, 1.165) is 30.8 Å². The van der Waals surface area contributed by atoms with E-state index in [1.807, 2.05) is 23.6 Å². The molecule has 1 aromatic carbocycles. The van der Waals surface area contributed by atoms with Gasteiger partial charge in [0.05, 0.1) is 26.7 Å². The van der Waals surface area contributed by atoms with E-state index < -0.39 is 0 Å². The Morgan fingerprint density at radius 2 is 2.24 bits per heavy atom. The van der Waals surface area contributed by atoms with Crippen LogP contribution in [0.3, 0.4) is 0 Å². The second-order valence-corrected chi connectivity index (χ2v) is 6.48. The van der Waals surface area contributed by atoms with Crippen LogP contribution in [-0.2, 0) is 11.3 Å². The molecule has 2 aromatic rings. The third-order valence-corrected chi connectivity index (χ3v) is 4.94. The van der Waals surface area contributed by atoms with Crippen LogP contribution in [0.4, 0.5) is 5.13 Å². The molecule has 1 N–H and O–H groups in total. The van der Waals surface area contributed by atoms with E-state index >= 15 is 0 Å². The maximum atomic E-state index is 13.0. The van der Waals surface area contributed by atoms with Gasteiger partial charge in [-0.1, -0.05) is 0 Å². The number of hydrogen-bond donors (Lipinski definition) is 1. The van der Waals surface area contributed by atoms with Crippen LogP contribution in [0, 0.1) is 5.92 Å². The number of thiazole rings is 1. The van der Waals surface area contributed by atoms with Crippen molar-refractivity contribution in [1.82, 2.24) is 10.3 Å². The van der Waals surface area contributed by atoms with Gasteiger partial charge in [0.2, 0.25) is 5.91 Å². The Labute approximate surface area is 157 Å². The number of ether oxygens (including phenoxy) is 2. The van der Waals surface area contributed by atoms with Gasteiger partial charge in [-0.2, -0.15) is 0 Å². The Balaban J connectivity index is 0.00000225. The molecule has 1 fully saturated rings. The first-order valence-corrected chi connectivity index (χ1v) is 8.73. The maximum absolute atomic E-state index is 13.0. The standard InChI is InChI=1S/C17H21N3O3S.ClH/c1-22-14-4-3-13(15(9-14)23-2)11-20(17-19-7-8-24-17)16(21)12-5-6-18-10-12;/h3-4,7-9,12,18H,5-6,10-11H2,1-2H3;1H. The maximum Gasteiger partial charge on any atom is 0.233 e. The molecule has 1 amide bonds. The summed E-state index contributed by atoms with van der Waals surface area (Å²) in [6, 6.07) is 5.63. The number of anilines is 1. The predicted molar refractivity (Wildman–Crippen MR) is 101 cm³/mol. The summed E-state index contributed by atoms with van der Waals surface area (Å²) in [6.07, 6.45) is 2.58. The summed E-state index contributed by atoms with van der Waals surface area (Å²) in [5.41, 5.74) is 0.924. The normalized spacial score (nSPS) is 16.2. The summed E-state index contributed by atoms with van der Waals surface area (Å²) in [7, 11) is 3.24. The first kappa shape index (κ1) is 19.5. The zero-order valence-electron chi connectivity index (χ0n) is 14.2. The minimum Gasteiger partial charge on any atom is -0.497 e. The van der Waals surface area contributed by atoms with Gasteiger partial charge in [0.25, 0.3) is 0 Å². The third-order valence-electron chi connectivity index (χ3n) is 4.15. The Hall–Kier alpha value is -1.83. The van der Waals surface area contributed by atoms with Crippen molar-refractivity contribution in [3.63, 3.8) is 0 Å². The molecule has 25 heavy (non-hydrogen) atoms. The lowest BCUT2D eigenvalue weighted by molar-refractivity contribution is -0.122. The van der Waals surface area contributed by atoms with E-state index in [1.165, 1.54) is 11.3 Å². The summed E-state index contributed by atoms with van der Waals surface area (Å²) in [5.74, 6) is 1.53. The number of hydrogen-bond acceptors (Lipinski definition) is 6. The second kappa shape index (κ2) is 9.03. The molecular formula is C17H22ClN3O3S. The highest BCUT2D eigenvalue weighted by molar-refractivity contribution is 7.13. The first-order chi connectivity index (χ1) is 11.7. The molecule has 1 atom stereocenters. The Kier molecular flexibility index (Phi) is 7.04. The lowest BCUT2D eigenvalue weighted by Crippen LogP contribution is -2.36. The van der Waals surface area contributed by atoms with Crippen molar-refractivity contribution in [2.75, 3.05) is 32.2 Å². The van der Waals surface area contributed by atoms with Crippen molar-refractivity contribution in [1.29, 1.82) is 0 Å². The average Bonchev–Trinajstić information content (AvgIpc) is 3.32. The van der Waals surface area contributed by atoms with Gasteiger partial charge in [-0.3, -0.25) is 9.69 Å². The highest BCUT2D eigenvalue weighted by Gasteiger charge is 2.29. The van der Waals surface area contributed by atoms with E-state index in [-0.39, 0.29) is 24.2 Å². The smallest absolute Gasteiger partial charge is 0.233 e. The number of carbonyl (C=O) groups is 1. The van der Waals surface area contributed by atoms with E-state index in [4.69, 9.17) is 9.47 Å². The predicted octanol–water partition coefficient (Wildman–Crippen LogP) is 2.72. The van der Waals surface area contributed by atoms with Crippen LogP contribution in [0.2, 0.25) is 0 Å². The zero-order valence-corrected chi connectivity index (χ0v) is 15.9. The van der Waals surface area contributed by atoms with Crippen LogP contribution in [0.5, 0.6) is 11.5 Å². The third kappa shape index (κ3) is 4.42. The molecule has 3 rings (SSSR count). The van der Waals surface area contributed by atoms with Crippen molar-refractivity contribution < 1.29 is 14.3 Å². The quantitative estimate of drug-likeness (QED) is 0.830. The molecule has 1 unspecified atom stereocenters. The molecule has 1 aromatic heterocycles. The van der Waals surface area contributed by atoms with Crippen LogP contribution < -0.4 is 19.7 Å². The van der Waals surface area contributed by atoms with Crippen molar-refractivity contribution >= 4 is 34.8 Å². The summed E-state index contributed by atoms with van der Waals surface area (Å²) in [4.78, 5) is 19.0. The Morgan fingerprint density at radius 3 is 2.84 bits per heavy atom. The van der Waals surface area contributed by atoms with Gasteiger partial charge in [0, 0.05) is 29.8 Å². The van der Waals surface area contributed by atoms with Gasteiger partial charge >= 0.3 is 0 Å². The highest BCUT2D eigenvalue weighted by atomic mass is 35.5. The fourth-order valence-corrected chi connectivity index (χ4v) is 3.47. The molecule has 0 radical (unpaired) electrons. The fourth-order valence-electron chi connectivity index (χ4n) is 2.83. The van der Waals surface area contributed by atoms with Crippen LogP contribution in [0.15, 0.2) is 29.8 Å². The van der Waals surface area contributed by atoms with Gasteiger partial charge in [-0.15, -0.1) is 23.7 Å². The summed E-state index contributed by atoms with van der Waals surface area (Å²) in [5, 5.41) is 5.84. The van der Waals surface area contributed by atoms with E-state index in [1.54, 1.807) is 25.3 Å². The number of aromatic nitrogens is 1. The number of nitrogens with zero attached hydrogens (tertiary/aromatic N) is 2. The van der Waals surface area contributed by atoms with Gasteiger partial charge in [-0.05, 0) is 25.1 Å². The van der Waals surface area contributed by atoms with Crippen LogP contribution in [0.1, 0.15) is 12.0 Å².